The highest BCUT2D eigenvalue weighted by Gasteiger charge is 2.37. The van der Waals surface area contributed by atoms with Gasteiger partial charge in [-0.05, 0) is 55.3 Å². The van der Waals surface area contributed by atoms with Crippen molar-refractivity contribution in [2.45, 2.75) is 32.8 Å². The van der Waals surface area contributed by atoms with Crippen LogP contribution in [0, 0.1) is 11.7 Å². The smallest absolute Gasteiger partial charge is 0.312 e. The second-order valence-electron chi connectivity index (χ2n) is 7.00. The van der Waals surface area contributed by atoms with Gasteiger partial charge >= 0.3 is 5.97 Å². The largest absolute Gasteiger partial charge is 0.452 e. The molecule has 0 aliphatic carbocycles. The summed E-state index contributed by atoms with van der Waals surface area (Å²) < 4.78 is 18.2. The van der Waals surface area contributed by atoms with Gasteiger partial charge in [-0.3, -0.25) is 14.4 Å². The van der Waals surface area contributed by atoms with E-state index >= 15 is 0 Å². The molecule has 2 atom stereocenters. The highest BCUT2D eigenvalue weighted by atomic mass is 19.1. The number of carbonyl (C=O) groups excluding carboxylic acids is 3. The quantitative estimate of drug-likeness (QED) is 0.758. The van der Waals surface area contributed by atoms with Crippen molar-refractivity contribution < 1.29 is 23.5 Å². The summed E-state index contributed by atoms with van der Waals surface area (Å²) in [6.45, 7) is 3.72. The first-order chi connectivity index (χ1) is 13.9. The molecule has 1 heterocycles. The van der Waals surface area contributed by atoms with Crippen LogP contribution in [0.1, 0.15) is 25.8 Å². The summed E-state index contributed by atoms with van der Waals surface area (Å²) in [6.07, 6.45) is -0.0950. The normalized spacial score (nSPS) is 17.1. The first-order valence-electron chi connectivity index (χ1n) is 9.53. The fourth-order valence-electron chi connectivity index (χ4n) is 3.13. The number of nitrogens with zero attached hydrogens (tertiary/aromatic N) is 1. The van der Waals surface area contributed by atoms with Gasteiger partial charge in [0.1, 0.15) is 5.82 Å². The Morgan fingerprint density at radius 2 is 1.83 bits per heavy atom. The number of amides is 2. The predicted octanol–water partition coefficient (Wildman–Crippen LogP) is 3.31. The minimum absolute atomic E-state index is 0.0423. The molecule has 7 heteroatoms. The van der Waals surface area contributed by atoms with Gasteiger partial charge in [0.05, 0.1) is 5.92 Å². The number of aryl methyl sites for hydroxylation is 1. The van der Waals surface area contributed by atoms with E-state index in [4.69, 9.17) is 4.74 Å². The maximum absolute atomic E-state index is 12.9. The van der Waals surface area contributed by atoms with Gasteiger partial charge in [-0.25, -0.2) is 4.39 Å². The average molecular weight is 398 g/mol. The van der Waals surface area contributed by atoms with E-state index in [0.29, 0.717) is 5.69 Å². The first kappa shape index (κ1) is 20.5. The molecule has 152 valence electrons. The summed E-state index contributed by atoms with van der Waals surface area (Å²) in [7, 11) is 0. The molecular weight excluding hydrogens is 375 g/mol. The van der Waals surface area contributed by atoms with Crippen LogP contribution in [-0.4, -0.2) is 30.4 Å². The van der Waals surface area contributed by atoms with E-state index in [1.54, 1.807) is 4.90 Å². The molecule has 3 rings (SSSR count). The summed E-state index contributed by atoms with van der Waals surface area (Å²) in [5.41, 5.74) is 2.30. The van der Waals surface area contributed by atoms with Crippen molar-refractivity contribution in [2.24, 2.45) is 5.92 Å². The molecular formula is C22H23FN2O4. The van der Waals surface area contributed by atoms with Gasteiger partial charge in [0.15, 0.2) is 6.10 Å². The van der Waals surface area contributed by atoms with Gasteiger partial charge in [-0.15, -0.1) is 0 Å². The fourth-order valence-corrected chi connectivity index (χ4v) is 3.13. The Bertz CT molecular complexity index is 896. The minimum atomic E-state index is -1.04. The van der Waals surface area contributed by atoms with Crippen LogP contribution in [0.2, 0.25) is 0 Å². The van der Waals surface area contributed by atoms with E-state index < -0.39 is 29.7 Å². The Morgan fingerprint density at radius 1 is 1.17 bits per heavy atom. The molecule has 1 fully saturated rings. The molecule has 1 saturated heterocycles. The van der Waals surface area contributed by atoms with Crippen LogP contribution in [0.3, 0.4) is 0 Å². The van der Waals surface area contributed by atoms with Crippen LogP contribution in [0.25, 0.3) is 0 Å². The molecule has 1 aliphatic heterocycles. The van der Waals surface area contributed by atoms with Crippen molar-refractivity contribution in [3.8, 4) is 0 Å². The van der Waals surface area contributed by atoms with Gasteiger partial charge < -0.3 is 15.0 Å². The number of anilines is 2. The van der Waals surface area contributed by atoms with Gasteiger partial charge in [0.25, 0.3) is 5.91 Å². The van der Waals surface area contributed by atoms with Crippen molar-refractivity contribution in [2.75, 3.05) is 16.8 Å². The van der Waals surface area contributed by atoms with E-state index in [-0.39, 0.29) is 18.9 Å². The molecule has 0 unspecified atom stereocenters. The third kappa shape index (κ3) is 4.99. The van der Waals surface area contributed by atoms with E-state index in [0.717, 1.165) is 17.7 Å². The Kier molecular flexibility index (Phi) is 6.26. The van der Waals surface area contributed by atoms with Crippen LogP contribution in [0.15, 0.2) is 48.5 Å². The van der Waals surface area contributed by atoms with E-state index in [9.17, 15) is 18.8 Å². The third-order valence-corrected chi connectivity index (χ3v) is 4.89. The summed E-state index contributed by atoms with van der Waals surface area (Å²) >= 11 is 0. The Hall–Kier alpha value is -3.22. The molecule has 0 spiro atoms. The summed E-state index contributed by atoms with van der Waals surface area (Å²) in [4.78, 5) is 38.6. The maximum Gasteiger partial charge on any atom is 0.312 e. The topological polar surface area (TPSA) is 75.7 Å². The highest BCUT2D eigenvalue weighted by molar-refractivity contribution is 6.00. The van der Waals surface area contributed by atoms with Crippen LogP contribution in [0.5, 0.6) is 0 Å². The second-order valence-corrected chi connectivity index (χ2v) is 7.00. The SMILES string of the molecule is CCc1ccc(N2C[C@H](C(=O)O[C@@H](C)C(=O)Nc3ccc(F)cc3)CC2=O)cc1. The number of nitrogens with one attached hydrogen (secondary N) is 1. The summed E-state index contributed by atoms with van der Waals surface area (Å²) in [5.74, 6) is -2.31. The minimum Gasteiger partial charge on any atom is -0.452 e. The van der Waals surface area contributed by atoms with Crippen molar-refractivity contribution in [3.05, 3.63) is 59.9 Å². The third-order valence-electron chi connectivity index (χ3n) is 4.89. The molecule has 0 bridgehead atoms. The average Bonchev–Trinajstić information content (AvgIpc) is 3.11. The Labute approximate surface area is 168 Å². The zero-order chi connectivity index (χ0) is 21.0. The van der Waals surface area contributed by atoms with Gasteiger partial charge in [0.2, 0.25) is 5.91 Å². The molecule has 0 saturated carbocycles. The molecule has 0 aromatic heterocycles. The molecule has 2 amide bonds. The first-order valence-corrected chi connectivity index (χ1v) is 9.53. The van der Waals surface area contributed by atoms with Gasteiger partial charge in [-0.1, -0.05) is 19.1 Å². The number of esters is 1. The van der Waals surface area contributed by atoms with Crippen molar-refractivity contribution in [1.29, 1.82) is 0 Å². The summed E-state index contributed by atoms with van der Waals surface area (Å²) in [5, 5.41) is 2.56. The van der Waals surface area contributed by atoms with Crippen LogP contribution in [0.4, 0.5) is 15.8 Å². The number of hydrogen-bond acceptors (Lipinski definition) is 4. The molecule has 2 aromatic rings. The molecule has 0 radical (unpaired) electrons. The van der Waals surface area contributed by atoms with Crippen LogP contribution in [-0.2, 0) is 25.5 Å². The maximum atomic E-state index is 12.9. The number of hydrogen-bond donors (Lipinski definition) is 1. The van der Waals surface area contributed by atoms with Crippen molar-refractivity contribution >= 4 is 29.2 Å². The molecule has 6 nitrogen and oxygen atoms in total. The molecule has 29 heavy (non-hydrogen) atoms. The lowest BCUT2D eigenvalue weighted by Gasteiger charge is -2.18. The van der Waals surface area contributed by atoms with Crippen LogP contribution >= 0.6 is 0 Å². The predicted molar refractivity (Wildman–Crippen MR) is 107 cm³/mol. The lowest BCUT2D eigenvalue weighted by atomic mass is 10.1. The number of ether oxygens (including phenoxy) is 1. The Morgan fingerprint density at radius 3 is 2.45 bits per heavy atom. The zero-order valence-corrected chi connectivity index (χ0v) is 16.4. The number of rotatable bonds is 6. The summed E-state index contributed by atoms with van der Waals surface area (Å²) in [6, 6.07) is 12.9. The monoisotopic (exact) mass is 398 g/mol. The zero-order valence-electron chi connectivity index (χ0n) is 16.4. The highest BCUT2D eigenvalue weighted by Crippen LogP contribution is 2.26. The van der Waals surface area contributed by atoms with E-state index in [2.05, 4.69) is 12.2 Å². The van der Waals surface area contributed by atoms with Gasteiger partial charge in [0, 0.05) is 24.3 Å². The fraction of sp³-hybridized carbons (Fsp3) is 0.318. The molecule has 1 N–H and O–H groups in total. The number of benzene rings is 2. The van der Waals surface area contributed by atoms with Gasteiger partial charge in [-0.2, -0.15) is 0 Å². The Balaban J connectivity index is 1.56. The van der Waals surface area contributed by atoms with E-state index in [1.165, 1.54) is 31.2 Å². The van der Waals surface area contributed by atoms with Crippen molar-refractivity contribution in [3.63, 3.8) is 0 Å². The number of halogens is 1. The lowest BCUT2D eigenvalue weighted by Crippen LogP contribution is -2.33. The van der Waals surface area contributed by atoms with Crippen LogP contribution < -0.4 is 10.2 Å². The van der Waals surface area contributed by atoms with Crippen molar-refractivity contribution in [1.82, 2.24) is 0 Å². The number of carbonyl (C=O) groups is 3. The molecule has 1 aliphatic rings. The standard InChI is InChI=1S/C22H23FN2O4/c1-3-15-4-10-19(11-5-15)25-13-16(12-20(25)26)22(28)29-14(2)21(27)24-18-8-6-17(23)7-9-18/h4-11,14,16H,3,12-13H2,1-2H3,(H,24,27)/t14-,16+/m0/s1. The van der Waals surface area contributed by atoms with E-state index in [1.807, 2.05) is 24.3 Å². The second kappa shape index (κ2) is 8.86. The molecule has 2 aromatic carbocycles. The lowest BCUT2D eigenvalue weighted by molar-refractivity contribution is -0.157.